The Labute approximate surface area is 133 Å². The largest absolute Gasteiger partial charge is 0.379 e. The number of nitrogens with one attached hydrogen (secondary N) is 2. The van der Waals surface area contributed by atoms with Crippen molar-refractivity contribution in [2.24, 2.45) is 4.99 Å². The van der Waals surface area contributed by atoms with Gasteiger partial charge in [-0.05, 0) is 13.8 Å². The van der Waals surface area contributed by atoms with Crippen LogP contribution in [0.15, 0.2) is 17.6 Å². The quantitative estimate of drug-likeness (QED) is 0.323. The molecule has 1 heterocycles. The molecule has 112 valence electrons. The van der Waals surface area contributed by atoms with Crippen LogP contribution in [0.4, 0.5) is 0 Å². The maximum atomic E-state index is 5.39. The lowest BCUT2D eigenvalue weighted by molar-refractivity contribution is -0.00833. The van der Waals surface area contributed by atoms with Crippen LogP contribution >= 0.6 is 24.0 Å². The highest BCUT2D eigenvalue weighted by atomic mass is 127. The van der Waals surface area contributed by atoms with Crippen LogP contribution in [0.5, 0.6) is 0 Å². The molecule has 1 rings (SSSR count). The number of aliphatic imine (C=N–C) groups is 1. The third-order valence-electron chi connectivity index (χ3n) is 3.19. The van der Waals surface area contributed by atoms with Crippen molar-refractivity contribution < 1.29 is 4.74 Å². The van der Waals surface area contributed by atoms with Crippen LogP contribution in [0.1, 0.15) is 13.8 Å². The Morgan fingerprint density at radius 1 is 1.37 bits per heavy atom. The number of guanidine groups is 1. The highest BCUT2D eigenvalue weighted by molar-refractivity contribution is 14.0. The molecule has 1 fully saturated rings. The minimum Gasteiger partial charge on any atom is -0.379 e. The number of hydrogen-bond acceptors (Lipinski definition) is 3. The molecule has 0 amide bonds. The Balaban J connectivity index is 0.00000324. The van der Waals surface area contributed by atoms with E-state index in [4.69, 9.17) is 4.74 Å². The minimum absolute atomic E-state index is 0. The molecule has 0 bridgehead atoms. The second-order valence-corrected chi connectivity index (χ2v) is 5.01. The first-order valence-corrected chi connectivity index (χ1v) is 6.48. The molecule has 2 N–H and O–H groups in total. The molecule has 1 aliphatic rings. The van der Waals surface area contributed by atoms with Gasteiger partial charge in [-0.1, -0.05) is 6.08 Å². The lowest BCUT2D eigenvalue weighted by Gasteiger charge is -2.41. The summed E-state index contributed by atoms with van der Waals surface area (Å²) >= 11 is 0. The summed E-state index contributed by atoms with van der Waals surface area (Å²) in [6.07, 6.45) is 1.82. The zero-order valence-electron chi connectivity index (χ0n) is 12.2. The maximum Gasteiger partial charge on any atom is 0.191 e. The van der Waals surface area contributed by atoms with Crippen molar-refractivity contribution in [3.05, 3.63) is 12.7 Å². The first-order valence-electron chi connectivity index (χ1n) is 6.48. The average molecular weight is 382 g/mol. The van der Waals surface area contributed by atoms with Crippen molar-refractivity contribution in [1.29, 1.82) is 0 Å². The fraction of sp³-hybridized carbons (Fsp3) is 0.769. The van der Waals surface area contributed by atoms with Gasteiger partial charge in [-0.3, -0.25) is 9.89 Å². The number of nitrogens with zero attached hydrogens (tertiary/aromatic N) is 2. The molecule has 0 atom stereocenters. The molecule has 0 spiro atoms. The molecule has 19 heavy (non-hydrogen) atoms. The van der Waals surface area contributed by atoms with Gasteiger partial charge in [-0.15, -0.1) is 30.6 Å². The number of morpholine rings is 1. The lowest BCUT2D eigenvalue weighted by Crippen LogP contribution is -2.56. The number of hydrogen-bond donors (Lipinski definition) is 2. The molecule has 0 unspecified atom stereocenters. The highest BCUT2D eigenvalue weighted by Crippen LogP contribution is 2.14. The van der Waals surface area contributed by atoms with Crippen LogP contribution in [0.25, 0.3) is 0 Å². The third-order valence-corrected chi connectivity index (χ3v) is 3.19. The third kappa shape index (κ3) is 6.58. The average Bonchev–Trinajstić information content (AvgIpc) is 2.40. The van der Waals surface area contributed by atoms with E-state index in [2.05, 4.69) is 41.0 Å². The molecule has 0 aliphatic carbocycles. The smallest absolute Gasteiger partial charge is 0.191 e. The van der Waals surface area contributed by atoms with Gasteiger partial charge in [0.15, 0.2) is 5.96 Å². The Morgan fingerprint density at radius 2 is 2.00 bits per heavy atom. The van der Waals surface area contributed by atoms with Gasteiger partial charge in [0, 0.05) is 38.8 Å². The van der Waals surface area contributed by atoms with Crippen LogP contribution in [0, 0.1) is 0 Å². The van der Waals surface area contributed by atoms with Crippen molar-refractivity contribution in [1.82, 2.24) is 15.5 Å². The fourth-order valence-corrected chi connectivity index (χ4v) is 1.97. The van der Waals surface area contributed by atoms with Gasteiger partial charge in [0.1, 0.15) is 0 Å². The second kappa shape index (κ2) is 9.55. The summed E-state index contributed by atoms with van der Waals surface area (Å²) in [4.78, 5) is 6.63. The minimum atomic E-state index is 0. The SMILES string of the molecule is C=CCNC(=NC)NCC(C)(C)N1CCOCC1.I. The number of rotatable bonds is 5. The fourth-order valence-electron chi connectivity index (χ4n) is 1.97. The second-order valence-electron chi connectivity index (χ2n) is 5.01. The van der Waals surface area contributed by atoms with Gasteiger partial charge >= 0.3 is 0 Å². The molecule has 0 aromatic carbocycles. The van der Waals surface area contributed by atoms with E-state index in [9.17, 15) is 0 Å². The highest BCUT2D eigenvalue weighted by Gasteiger charge is 2.28. The van der Waals surface area contributed by atoms with E-state index in [0.29, 0.717) is 0 Å². The molecule has 1 saturated heterocycles. The van der Waals surface area contributed by atoms with E-state index in [1.54, 1.807) is 7.05 Å². The van der Waals surface area contributed by atoms with E-state index >= 15 is 0 Å². The summed E-state index contributed by atoms with van der Waals surface area (Å²) in [6, 6.07) is 0. The zero-order valence-corrected chi connectivity index (χ0v) is 14.6. The summed E-state index contributed by atoms with van der Waals surface area (Å²) in [5.74, 6) is 0.816. The molecule has 5 nitrogen and oxygen atoms in total. The van der Waals surface area contributed by atoms with E-state index in [0.717, 1.165) is 45.4 Å². The summed E-state index contributed by atoms with van der Waals surface area (Å²) in [6.45, 7) is 13.4. The van der Waals surface area contributed by atoms with Crippen molar-refractivity contribution in [2.45, 2.75) is 19.4 Å². The van der Waals surface area contributed by atoms with E-state index < -0.39 is 0 Å². The number of halogens is 1. The Kier molecular flexibility index (Phi) is 9.38. The van der Waals surface area contributed by atoms with Gasteiger partial charge in [0.25, 0.3) is 0 Å². The van der Waals surface area contributed by atoms with E-state index in [1.165, 1.54) is 0 Å². The molecule has 6 heteroatoms. The maximum absolute atomic E-state index is 5.39. The molecule has 0 radical (unpaired) electrons. The van der Waals surface area contributed by atoms with Gasteiger partial charge in [-0.2, -0.15) is 0 Å². The monoisotopic (exact) mass is 382 g/mol. The Hall–Kier alpha value is -0.340. The Morgan fingerprint density at radius 3 is 2.53 bits per heavy atom. The predicted octanol–water partition coefficient (Wildman–Crippen LogP) is 1.07. The van der Waals surface area contributed by atoms with Gasteiger partial charge < -0.3 is 15.4 Å². The van der Waals surface area contributed by atoms with Crippen LogP contribution in [0.3, 0.4) is 0 Å². The molecule has 0 aromatic rings. The van der Waals surface area contributed by atoms with Crippen molar-refractivity contribution >= 4 is 29.9 Å². The van der Waals surface area contributed by atoms with Crippen LogP contribution in [-0.4, -0.2) is 62.8 Å². The van der Waals surface area contributed by atoms with Crippen molar-refractivity contribution in [3.8, 4) is 0 Å². The van der Waals surface area contributed by atoms with Crippen LogP contribution in [0.2, 0.25) is 0 Å². The van der Waals surface area contributed by atoms with Crippen LogP contribution in [-0.2, 0) is 4.74 Å². The summed E-state index contributed by atoms with van der Waals surface area (Å²) in [7, 11) is 1.78. The number of ether oxygens (including phenoxy) is 1. The van der Waals surface area contributed by atoms with Crippen molar-refractivity contribution in [3.63, 3.8) is 0 Å². The Bertz CT molecular complexity index is 288. The summed E-state index contributed by atoms with van der Waals surface area (Å²) in [5.41, 5.74) is 0.0928. The normalized spacial score (nSPS) is 17.5. The topological polar surface area (TPSA) is 48.9 Å². The zero-order chi connectivity index (χ0) is 13.4. The first kappa shape index (κ1) is 18.7. The molecule has 0 saturated carbocycles. The summed E-state index contributed by atoms with van der Waals surface area (Å²) < 4.78 is 5.39. The van der Waals surface area contributed by atoms with E-state index in [-0.39, 0.29) is 29.5 Å². The van der Waals surface area contributed by atoms with Crippen molar-refractivity contribution in [2.75, 3.05) is 46.4 Å². The standard InChI is InChI=1S/C13H26N4O.HI/c1-5-6-15-12(14-4)16-11-13(2,3)17-7-9-18-10-8-17;/h5H,1,6-11H2,2-4H3,(H2,14,15,16);1H. The van der Waals surface area contributed by atoms with Crippen LogP contribution < -0.4 is 10.6 Å². The first-order chi connectivity index (χ1) is 8.60. The van der Waals surface area contributed by atoms with Gasteiger partial charge in [0.2, 0.25) is 0 Å². The van der Waals surface area contributed by atoms with Gasteiger partial charge in [-0.25, -0.2) is 0 Å². The predicted molar refractivity (Wildman–Crippen MR) is 91.4 cm³/mol. The lowest BCUT2D eigenvalue weighted by atomic mass is 10.0. The molecular formula is C13H27IN4O. The molecule has 0 aromatic heterocycles. The summed E-state index contributed by atoms with van der Waals surface area (Å²) in [5, 5.41) is 6.52. The molecule has 1 aliphatic heterocycles. The van der Waals surface area contributed by atoms with E-state index in [1.807, 2.05) is 6.08 Å². The molecular weight excluding hydrogens is 355 g/mol. The van der Waals surface area contributed by atoms with Gasteiger partial charge in [0.05, 0.1) is 13.2 Å².